The van der Waals surface area contributed by atoms with Crippen LogP contribution >= 0.6 is 0 Å². The molecule has 0 saturated heterocycles. The number of rotatable bonds is 8. The molecule has 0 radical (unpaired) electrons. The highest BCUT2D eigenvalue weighted by atomic mass is 16.5. The molecular formula is C29H31N3O6. The van der Waals surface area contributed by atoms with E-state index in [-0.39, 0.29) is 13.1 Å². The van der Waals surface area contributed by atoms with Crippen molar-refractivity contribution < 1.29 is 28.2 Å². The highest BCUT2D eigenvalue weighted by Crippen LogP contribution is 2.43. The second kappa shape index (κ2) is 11.2. The van der Waals surface area contributed by atoms with E-state index < -0.39 is 11.9 Å². The van der Waals surface area contributed by atoms with E-state index in [1.807, 2.05) is 73.6 Å². The lowest BCUT2D eigenvalue weighted by Gasteiger charge is -2.25. The van der Waals surface area contributed by atoms with Crippen LogP contribution in [0, 0.1) is 0 Å². The second-order valence-corrected chi connectivity index (χ2v) is 8.85. The Morgan fingerprint density at radius 1 is 0.895 bits per heavy atom. The molecule has 2 aromatic rings. The Kier molecular flexibility index (Phi) is 7.85. The maximum atomic E-state index is 12.1. The monoisotopic (exact) mass is 517 g/mol. The van der Waals surface area contributed by atoms with Crippen molar-refractivity contribution in [2.75, 3.05) is 65.4 Å². The maximum Gasteiger partial charge on any atom is 0.325 e. The molecule has 0 aromatic heterocycles. The fraction of sp³-hybridized carbons (Fsp3) is 0.276. The number of nitrogens with zero attached hydrogens (tertiary/aromatic N) is 3. The average Bonchev–Trinajstić information content (AvgIpc) is 2.94. The Bertz CT molecular complexity index is 1510. The summed E-state index contributed by atoms with van der Waals surface area (Å²) in [5.74, 6) is 0.209. The van der Waals surface area contributed by atoms with Gasteiger partial charge in [-0.25, -0.2) is 0 Å². The summed E-state index contributed by atoms with van der Waals surface area (Å²) in [5, 5.41) is 1.74. The molecule has 0 N–H and O–H groups in total. The summed E-state index contributed by atoms with van der Waals surface area (Å²) in [6, 6.07) is 17.6. The van der Waals surface area contributed by atoms with Gasteiger partial charge in [0.2, 0.25) is 0 Å². The van der Waals surface area contributed by atoms with Crippen molar-refractivity contribution in [2.45, 2.75) is 0 Å². The zero-order valence-electron chi connectivity index (χ0n) is 22.4. The Hall–Kier alpha value is -4.53. The van der Waals surface area contributed by atoms with E-state index in [9.17, 15) is 9.59 Å². The van der Waals surface area contributed by atoms with Gasteiger partial charge in [-0.15, -0.1) is 0 Å². The van der Waals surface area contributed by atoms with Crippen LogP contribution in [0.25, 0.3) is 33.4 Å². The summed E-state index contributed by atoms with van der Waals surface area (Å²) in [6.07, 6.45) is 0. The third kappa shape index (κ3) is 5.27. The smallest absolute Gasteiger partial charge is 0.325 e. The minimum Gasteiger partial charge on any atom is -0.495 e. The van der Waals surface area contributed by atoms with Crippen LogP contribution in [0.3, 0.4) is 0 Å². The molecule has 0 spiro atoms. The molecule has 0 fully saturated rings. The standard InChI is InChI=1S/C29H31N3O6/c1-30-19-8-10-21-24(14-19)38-25-15-20(31(2)3)9-11-22(25)29(21)18-7-12-23(26(13-18)35-4)32(16-27(33)36-5)17-28(34)37-6/h7-15H,16-17H2,1-6H3. The zero-order valence-corrected chi connectivity index (χ0v) is 22.4. The van der Waals surface area contributed by atoms with Gasteiger partial charge in [0, 0.05) is 55.5 Å². The van der Waals surface area contributed by atoms with Gasteiger partial charge in [0.15, 0.2) is 0 Å². The van der Waals surface area contributed by atoms with E-state index in [0.29, 0.717) is 17.2 Å². The van der Waals surface area contributed by atoms with Gasteiger partial charge in [0.25, 0.3) is 0 Å². The van der Waals surface area contributed by atoms with Gasteiger partial charge in [0.1, 0.15) is 30.2 Å². The average molecular weight is 518 g/mol. The van der Waals surface area contributed by atoms with Crippen molar-refractivity contribution in [1.29, 1.82) is 0 Å². The van der Waals surface area contributed by atoms with Crippen LogP contribution in [0.5, 0.6) is 5.75 Å². The number of methoxy groups -OCH3 is 3. The first-order chi connectivity index (χ1) is 18.3. The fourth-order valence-electron chi connectivity index (χ4n) is 4.36. The van der Waals surface area contributed by atoms with Crippen molar-refractivity contribution in [1.82, 2.24) is 0 Å². The number of anilines is 2. The predicted octanol–water partition coefficient (Wildman–Crippen LogP) is 3.96. The molecule has 1 heterocycles. The molecule has 4 rings (SSSR count). The molecule has 0 atom stereocenters. The number of hydrogen-bond acceptors (Lipinski definition) is 9. The first-order valence-corrected chi connectivity index (χ1v) is 12.0. The summed E-state index contributed by atoms with van der Waals surface area (Å²) in [7, 11) is 9.85. The zero-order chi connectivity index (χ0) is 27.4. The van der Waals surface area contributed by atoms with Crippen LogP contribution in [0.15, 0.2) is 64.0 Å². The molecule has 9 heteroatoms. The van der Waals surface area contributed by atoms with Crippen molar-refractivity contribution >= 4 is 34.3 Å². The summed E-state index contributed by atoms with van der Waals surface area (Å²) in [4.78, 5) is 32.1. The highest BCUT2D eigenvalue weighted by molar-refractivity contribution is 6.03. The predicted molar refractivity (Wildman–Crippen MR) is 147 cm³/mol. The molecular weight excluding hydrogens is 486 g/mol. The SMILES string of the molecule is CN=c1ccc2c(-c3ccc(N(CC(=O)OC)CC(=O)OC)c(OC)c3)c3ccc(N(C)C)cc3oc-2c1. The van der Waals surface area contributed by atoms with E-state index in [4.69, 9.17) is 18.6 Å². The van der Waals surface area contributed by atoms with E-state index in [0.717, 1.165) is 38.7 Å². The Balaban J connectivity index is 1.94. The number of esters is 2. The van der Waals surface area contributed by atoms with E-state index >= 15 is 0 Å². The third-order valence-electron chi connectivity index (χ3n) is 6.37. The van der Waals surface area contributed by atoms with Crippen LogP contribution < -0.4 is 19.9 Å². The molecule has 0 saturated carbocycles. The summed E-state index contributed by atoms with van der Waals surface area (Å²) >= 11 is 0. The van der Waals surface area contributed by atoms with Gasteiger partial charge in [-0.2, -0.15) is 0 Å². The van der Waals surface area contributed by atoms with Crippen molar-refractivity contribution in [3.8, 4) is 28.2 Å². The number of carbonyl (C=O) groups excluding carboxylic acids is 2. The van der Waals surface area contributed by atoms with Crippen molar-refractivity contribution in [3.63, 3.8) is 0 Å². The summed E-state index contributed by atoms with van der Waals surface area (Å²) in [6.45, 7) is -0.290. The van der Waals surface area contributed by atoms with Crippen LogP contribution in [-0.4, -0.2) is 67.5 Å². The van der Waals surface area contributed by atoms with E-state index in [1.54, 1.807) is 19.1 Å². The van der Waals surface area contributed by atoms with Crippen LogP contribution in [0.2, 0.25) is 0 Å². The van der Waals surface area contributed by atoms with E-state index in [1.165, 1.54) is 14.2 Å². The Labute approximate surface area is 221 Å². The Morgan fingerprint density at radius 3 is 2.21 bits per heavy atom. The highest BCUT2D eigenvalue weighted by Gasteiger charge is 2.22. The van der Waals surface area contributed by atoms with Gasteiger partial charge in [-0.3, -0.25) is 14.6 Å². The number of fused-ring (bicyclic) bond motifs is 2. The minimum atomic E-state index is -0.490. The number of ether oxygens (including phenoxy) is 3. The molecule has 38 heavy (non-hydrogen) atoms. The largest absolute Gasteiger partial charge is 0.495 e. The molecule has 0 amide bonds. The normalized spacial score (nSPS) is 11.5. The molecule has 198 valence electrons. The second-order valence-electron chi connectivity index (χ2n) is 8.85. The quantitative estimate of drug-likeness (QED) is 0.256. The molecule has 2 aliphatic rings. The first-order valence-electron chi connectivity index (χ1n) is 12.0. The first kappa shape index (κ1) is 26.5. The minimum absolute atomic E-state index is 0.145. The third-order valence-corrected chi connectivity index (χ3v) is 6.37. The molecule has 1 aliphatic heterocycles. The lowest BCUT2D eigenvalue weighted by Crippen LogP contribution is -2.35. The fourth-order valence-corrected chi connectivity index (χ4v) is 4.36. The molecule has 2 aromatic carbocycles. The summed E-state index contributed by atoms with van der Waals surface area (Å²) < 4.78 is 21.7. The Morgan fingerprint density at radius 2 is 1.61 bits per heavy atom. The lowest BCUT2D eigenvalue weighted by molar-refractivity contribution is -0.140. The molecule has 0 unspecified atom stereocenters. The maximum absolute atomic E-state index is 12.1. The van der Waals surface area contributed by atoms with Crippen molar-refractivity contribution in [2.24, 2.45) is 4.99 Å². The number of benzene rings is 3. The van der Waals surface area contributed by atoms with Crippen LogP contribution in [0.1, 0.15) is 0 Å². The van der Waals surface area contributed by atoms with Crippen molar-refractivity contribution in [3.05, 3.63) is 60.0 Å². The number of carbonyl (C=O) groups is 2. The lowest BCUT2D eigenvalue weighted by atomic mass is 9.93. The van der Waals surface area contributed by atoms with Gasteiger partial charge >= 0.3 is 11.9 Å². The summed E-state index contributed by atoms with van der Waals surface area (Å²) in [5.41, 5.74) is 5.06. The molecule has 9 nitrogen and oxygen atoms in total. The van der Waals surface area contributed by atoms with Crippen LogP contribution in [-0.2, 0) is 19.1 Å². The topological polar surface area (TPSA) is 93.8 Å². The molecule has 0 bridgehead atoms. The van der Waals surface area contributed by atoms with Gasteiger partial charge in [0.05, 0.1) is 32.4 Å². The van der Waals surface area contributed by atoms with Gasteiger partial charge in [-0.1, -0.05) is 6.07 Å². The van der Waals surface area contributed by atoms with Gasteiger partial charge in [-0.05, 0) is 42.0 Å². The van der Waals surface area contributed by atoms with E-state index in [2.05, 4.69) is 4.99 Å². The number of hydrogen-bond donors (Lipinski definition) is 0. The van der Waals surface area contributed by atoms with Crippen LogP contribution in [0.4, 0.5) is 11.4 Å². The van der Waals surface area contributed by atoms with Gasteiger partial charge < -0.3 is 28.4 Å². The molecule has 1 aliphatic carbocycles.